The summed E-state index contributed by atoms with van der Waals surface area (Å²) in [7, 11) is 0. The highest BCUT2D eigenvalue weighted by molar-refractivity contribution is 6.09. The van der Waals surface area contributed by atoms with Gasteiger partial charge < -0.3 is 0 Å². The molecule has 0 radical (unpaired) electrons. The summed E-state index contributed by atoms with van der Waals surface area (Å²) in [5, 5.41) is 1.58. The first-order chi connectivity index (χ1) is 8.88. The summed E-state index contributed by atoms with van der Waals surface area (Å²) in [5.74, 6) is -0.452. The first-order valence-corrected chi connectivity index (χ1v) is 5.97. The number of ketones is 1. The Hall–Kier alpha value is -1.84. The Morgan fingerprint density at radius 3 is 2.47 bits per heavy atom. The zero-order valence-electron chi connectivity index (χ0n) is 10.4. The molecule has 0 aliphatic carbocycles. The van der Waals surface area contributed by atoms with E-state index in [1.807, 2.05) is 18.2 Å². The SMILES string of the molecule is Cc1ccc2ccccc2c1C(=O)CCC(F)(F)F. The van der Waals surface area contributed by atoms with Gasteiger partial charge in [0.05, 0.1) is 6.42 Å². The van der Waals surface area contributed by atoms with Crippen LogP contribution >= 0.6 is 0 Å². The van der Waals surface area contributed by atoms with E-state index in [0.717, 1.165) is 10.8 Å². The van der Waals surface area contributed by atoms with E-state index in [4.69, 9.17) is 0 Å². The van der Waals surface area contributed by atoms with Crippen molar-refractivity contribution in [1.29, 1.82) is 0 Å². The third-order valence-corrected chi connectivity index (χ3v) is 3.05. The smallest absolute Gasteiger partial charge is 0.294 e. The lowest BCUT2D eigenvalue weighted by molar-refractivity contribution is -0.133. The van der Waals surface area contributed by atoms with E-state index in [1.54, 1.807) is 25.1 Å². The van der Waals surface area contributed by atoms with Crippen molar-refractivity contribution in [3.8, 4) is 0 Å². The largest absolute Gasteiger partial charge is 0.389 e. The summed E-state index contributed by atoms with van der Waals surface area (Å²) in [6, 6.07) is 10.9. The fourth-order valence-electron chi connectivity index (χ4n) is 2.13. The molecule has 4 heteroatoms. The molecule has 0 N–H and O–H groups in total. The molecule has 2 aromatic carbocycles. The van der Waals surface area contributed by atoms with Crippen molar-refractivity contribution < 1.29 is 18.0 Å². The number of alkyl halides is 3. The van der Waals surface area contributed by atoms with Gasteiger partial charge in [-0.1, -0.05) is 36.4 Å². The Morgan fingerprint density at radius 2 is 1.79 bits per heavy atom. The lowest BCUT2D eigenvalue weighted by Crippen LogP contribution is -2.12. The summed E-state index contributed by atoms with van der Waals surface area (Å²) in [5.41, 5.74) is 1.12. The third-order valence-electron chi connectivity index (χ3n) is 3.05. The van der Waals surface area contributed by atoms with Gasteiger partial charge in [-0.25, -0.2) is 0 Å². The van der Waals surface area contributed by atoms with Crippen molar-refractivity contribution in [1.82, 2.24) is 0 Å². The van der Waals surface area contributed by atoms with Gasteiger partial charge in [0.25, 0.3) is 0 Å². The maximum Gasteiger partial charge on any atom is 0.389 e. The van der Waals surface area contributed by atoms with E-state index < -0.39 is 24.8 Å². The zero-order chi connectivity index (χ0) is 14.0. The molecule has 0 fully saturated rings. The second-order valence-corrected chi connectivity index (χ2v) is 4.52. The molecule has 0 atom stereocenters. The molecular weight excluding hydrogens is 253 g/mol. The van der Waals surface area contributed by atoms with Crippen LogP contribution in [0.15, 0.2) is 36.4 Å². The predicted octanol–water partition coefficient (Wildman–Crippen LogP) is 4.67. The molecule has 0 aliphatic rings. The molecule has 0 bridgehead atoms. The second-order valence-electron chi connectivity index (χ2n) is 4.52. The Bertz CT molecular complexity index is 614. The van der Waals surface area contributed by atoms with Gasteiger partial charge in [-0.15, -0.1) is 0 Å². The molecule has 2 rings (SSSR count). The van der Waals surface area contributed by atoms with Crippen molar-refractivity contribution >= 4 is 16.6 Å². The van der Waals surface area contributed by atoms with Crippen LogP contribution in [0, 0.1) is 6.92 Å². The molecule has 0 spiro atoms. The number of benzene rings is 2. The molecule has 0 aliphatic heterocycles. The van der Waals surface area contributed by atoms with Crippen LogP contribution in [0.5, 0.6) is 0 Å². The van der Waals surface area contributed by atoms with E-state index in [1.165, 1.54) is 0 Å². The molecule has 0 amide bonds. The quantitative estimate of drug-likeness (QED) is 0.737. The average molecular weight is 266 g/mol. The third kappa shape index (κ3) is 3.13. The highest BCUT2D eigenvalue weighted by Crippen LogP contribution is 2.27. The van der Waals surface area contributed by atoms with Gasteiger partial charge in [0.1, 0.15) is 0 Å². The highest BCUT2D eigenvalue weighted by Gasteiger charge is 2.28. The normalized spacial score (nSPS) is 11.8. The Morgan fingerprint density at radius 1 is 1.11 bits per heavy atom. The average Bonchev–Trinajstić information content (AvgIpc) is 2.35. The van der Waals surface area contributed by atoms with Gasteiger partial charge in [0, 0.05) is 12.0 Å². The first kappa shape index (κ1) is 13.6. The molecule has 0 aromatic heterocycles. The Kier molecular flexibility index (Phi) is 3.60. The molecule has 0 heterocycles. The molecular formula is C15H13F3O. The van der Waals surface area contributed by atoms with Crippen LogP contribution < -0.4 is 0 Å². The standard InChI is InChI=1S/C15H13F3O/c1-10-6-7-11-4-2-3-5-12(11)14(10)13(19)8-9-15(16,17)18/h2-7H,8-9H2,1H3. The maximum absolute atomic E-state index is 12.2. The van der Waals surface area contributed by atoms with Crippen LogP contribution in [0.2, 0.25) is 0 Å². The van der Waals surface area contributed by atoms with Crippen LogP contribution in [0.3, 0.4) is 0 Å². The van der Waals surface area contributed by atoms with E-state index >= 15 is 0 Å². The minimum atomic E-state index is -4.30. The van der Waals surface area contributed by atoms with E-state index in [0.29, 0.717) is 11.1 Å². The summed E-state index contributed by atoms with van der Waals surface area (Å²) < 4.78 is 36.6. The summed E-state index contributed by atoms with van der Waals surface area (Å²) in [6.07, 6.45) is -5.87. The van der Waals surface area contributed by atoms with Crippen molar-refractivity contribution in [3.63, 3.8) is 0 Å². The number of carbonyl (C=O) groups excluding carboxylic acids is 1. The predicted molar refractivity (Wildman–Crippen MR) is 68.3 cm³/mol. The van der Waals surface area contributed by atoms with Gasteiger partial charge in [0.15, 0.2) is 5.78 Å². The molecule has 100 valence electrons. The summed E-state index contributed by atoms with van der Waals surface area (Å²) >= 11 is 0. The molecule has 0 unspecified atom stereocenters. The van der Waals surface area contributed by atoms with Crippen LogP contribution in [0.25, 0.3) is 10.8 Å². The molecule has 0 saturated heterocycles. The molecule has 2 aromatic rings. The molecule has 0 saturated carbocycles. The number of Topliss-reactive ketones (excluding diaryl/α,β-unsaturated/α-hetero) is 1. The number of rotatable bonds is 3. The maximum atomic E-state index is 12.2. The van der Waals surface area contributed by atoms with Crippen molar-refractivity contribution in [2.75, 3.05) is 0 Å². The van der Waals surface area contributed by atoms with Crippen LogP contribution in [-0.4, -0.2) is 12.0 Å². The van der Waals surface area contributed by atoms with Gasteiger partial charge in [-0.2, -0.15) is 13.2 Å². The fourth-order valence-corrected chi connectivity index (χ4v) is 2.13. The molecule has 1 nitrogen and oxygen atoms in total. The van der Waals surface area contributed by atoms with Gasteiger partial charge in [0.2, 0.25) is 0 Å². The topological polar surface area (TPSA) is 17.1 Å². The minimum absolute atomic E-state index is 0.405. The number of fused-ring (bicyclic) bond motifs is 1. The van der Waals surface area contributed by atoms with Crippen LogP contribution in [-0.2, 0) is 0 Å². The number of halogens is 3. The lowest BCUT2D eigenvalue weighted by Gasteiger charge is -2.10. The fraction of sp³-hybridized carbons (Fsp3) is 0.267. The van der Waals surface area contributed by atoms with Crippen molar-refractivity contribution in [3.05, 3.63) is 47.5 Å². The lowest BCUT2D eigenvalue weighted by atomic mass is 9.95. The van der Waals surface area contributed by atoms with Crippen LogP contribution in [0.1, 0.15) is 28.8 Å². The van der Waals surface area contributed by atoms with Crippen molar-refractivity contribution in [2.45, 2.75) is 25.9 Å². The number of hydrogen-bond donors (Lipinski definition) is 0. The van der Waals surface area contributed by atoms with E-state index in [2.05, 4.69) is 0 Å². The Labute approximate surface area is 109 Å². The number of carbonyl (C=O) groups is 1. The monoisotopic (exact) mass is 266 g/mol. The second kappa shape index (κ2) is 5.03. The zero-order valence-corrected chi connectivity index (χ0v) is 10.4. The van der Waals surface area contributed by atoms with Crippen LogP contribution in [0.4, 0.5) is 13.2 Å². The van der Waals surface area contributed by atoms with Gasteiger partial charge in [-0.05, 0) is 23.3 Å². The van der Waals surface area contributed by atoms with E-state index in [9.17, 15) is 18.0 Å². The van der Waals surface area contributed by atoms with E-state index in [-0.39, 0.29) is 0 Å². The summed E-state index contributed by atoms with van der Waals surface area (Å²) in [6.45, 7) is 1.74. The number of aryl methyl sites for hydroxylation is 1. The highest BCUT2D eigenvalue weighted by atomic mass is 19.4. The summed E-state index contributed by atoms with van der Waals surface area (Å²) in [4.78, 5) is 12.0. The molecule has 19 heavy (non-hydrogen) atoms. The first-order valence-electron chi connectivity index (χ1n) is 5.97. The van der Waals surface area contributed by atoms with Gasteiger partial charge >= 0.3 is 6.18 Å². The van der Waals surface area contributed by atoms with Crippen molar-refractivity contribution in [2.24, 2.45) is 0 Å². The Balaban J connectivity index is 2.38. The number of hydrogen-bond acceptors (Lipinski definition) is 1. The minimum Gasteiger partial charge on any atom is -0.294 e. The van der Waals surface area contributed by atoms with Gasteiger partial charge in [-0.3, -0.25) is 4.79 Å².